The number of carbonyl (C=O) groups is 3. The molecule has 9 heteroatoms. The van der Waals surface area contributed by atoms with Crippen LogP contribution in [0.4, 0.5) is 0 Å². The molecule has 0 aromatic heterocycles. The summed E-state index contributed by atoms with van der Waals surface area (Å²) in [6.07, 6.45) is 76.0. The minimum absolute atomic E-state index is 0.176. The molecule has 0 aliphatic heterocycles. The van der Waals surface area contributed by atoms with Crippen LogP contribution in [0.15, 0.2) is 109 Å². The number of esters is 2. The number of carbonyl (C=O) groups excluding carboxylic acids is 2. The van der Waals surface area contributed by atoms with Crippen molar-refractivity contribution in [2.75, 3.05) is 47.5 Å². The van der Waals surface area contributed by atoms with Gasteiger partial charge in [0.1, 0.15) is 13.2 Å². The van der Waals surface area contributed by atoms with Gasteiger partial charge in [0, 0.05) is 12.8 Å². The molecule has 0 bridgehead atoms. The molecule has 0 aromatic rings. The van der Waals surface area contributed by atoms with Crippen LogP contribution in [-0.2, 0) is 33.3 Å². The normalized spacial score (nSPS) is 13.5. The number of carboxylic acid groups (broad SMARTS) is 1. The van der Waals surface area contributed by atoms with Crippen LogP contribution in [0.2, 0.25) is 0 Å². The van der Waals surface area contributed by atoms with Crippen LogP contribution in [-0.4, -0.2) is 87.4 Å². The Morgan fingerprint density at radius 1 is 0.408 bits per heavy atom. The molecule has 0 fully saturated rings. The largest absolute Gasteiger partial charge is 0.477 e. The third kappa shape index (κ3) is 57.7. The van der Waals surface area contributed by atoms with E-state index in [9.17, 15) is 19.5 Å². The molecule has 9 nitrogen and oxygen atoms in total. The highest BCUT2D eigenvalue weighted by Crippen LogP contribution is 2.16. The van der Waals surface area contributed by atoms with Gasteiger partial charge in [0.15, 0.2) is 6.10 Å². The zero-order valence-electron chi connectivity index (χ0n) is 49.4. The van der Waals surface area contributed by atoms with E-state index in [0.717, 1.165) is 96.3 Å². The Kier molecular flexibility index (Phi) is 54.1. The molecule has 0 saturated carbocycles. The van der Waals surface area contributed by atoms with Crippen LogP contribution in [0, 0.1) is 0 Å². The maximum Gasteiger partial charge on any atom is 0.361 e. The number of likely N-dealkylation sites (N-methyl/N-ethyl adjacent to an activating group) is 1. The maximum atomic E-state index is 12.9. The molecule has 1 N–H and O–H groups in total. The van der Waals surface area contributed by atoms with Crippen LogP contribution in [0.1, 0.15) is 239 Å². The lowest BCUT2D eigenvalue weighted by atomic mass is 10.0. The summed E-state index contributed by atoms with van der Waals surface area (Å²) < 4.78 is 22.9. The maximum absolute atomic E-state index is 12.9. The Hall–Kier alpha value is -4.05. The molecule has 0 aliphatic rings. The van der Waals surface area contributed by atoms with Crippen LogP contribution >= 0.6 is 0 Å². The van der Waals surface area contributed by atoms with Crippen LogP contribution < -0.4 is 0 Å². The highest BCUT2D eigenvalue weighted by Gasteiger charge is 2.25. The molecule has 2 unspecified atom stereocenters. The van der Waals surface area contributed by atoms with E-state index in [0.29, 0.717) is 23.9 Å². The quantitative estimate of drug-likeness (QED) is 0.0211. The van der Waals surface area contributed by atoms with E-state index in [1.165, 1.54) is 109 Å². The molecule has 434 valence electrons. The van der Waals surface area contributed by atoms with Gasteiger partial charge in [0.05, 0.1) is 34.4 Å². The van der Waals surface area contributed by atoms with Crippen molar-refractivity contribution in [1.82, 2.24) is 0 Å². The van der Waals surface area contributed by atoms with Crippen molar-refractivity contribution in [2.24, 2.45) is 0 Å². The first-order valence-electron chi connectivity index (χ1n) is 30.6. The van der Waals surface area contributed by atoms with Crippen molar-refractivity contribution in [2.45, 2.75) is 251 Å². The minimum Gasteiger partial charge on any atom is -0.477 e. The molecule has 0 rings (SSSR count). The van der Waals surface area contributed by atoms with Crippen molar-refractivity contribution in [3.63, 3.8) is 0 Å². The van der Waals surface area contributed by atoms with E-state index in [1.54, 1.807) is 0 Å². The summed E-state index contributed by atoms with van der Waals surface area (Å²) in [5.74, 6) is -2.05. The number of quaternary nitrogens is 1. The van der Waals surface area contributed by atoms with E-state index in [4.69, 9.17) is 18.9 Å². The van der Waals surface area contributed by atoms with Gasteiger partial charge in [0.2, 0.25) is 0 Å². The molecule has 0 amide bonds. The van der Waals surface area contributed by atoms with Crippen molar-refractivity contribution in [3.8, 4) is 0 Å². The number of carboxylic acids is 1. The fraction of sp³-hybridized carbons (Fsp3) is 0.687. The van der Waals surface area contributed by atoms with Crippen molar-refractivity contribution in [3.05, 3.63) is 109 Å². The lowest BCUT2D eigenvalue weighted by molar-refractivity contribution is -0.870. The smallest absolute Gasteiger partial charge is 0.361 e. The SMILES string of the molecule is CC/C=C\C/C=C\C/C=C\C/C=C\C/C=C\C/C=C\C/C=C\C/C=C\C/C=C\CCCCCC(=O)OC(COC(=O)CCCCCCCCCCCCCCCCCCCCCC)COC(OCC[N+](C)(C)C)C(=O)O. The lowest BCUT2D eigenvalue weighted by Crippen LogP contribution is -2.40. The standard InChI is InChI=1S/C67H113NO8/c1-6-8-10-12-14-16-18-20-22-24-26-28-29-30-31-32-33-34-35-36-37-38-40-42-44-46-48-50-52-54-56-58-65(70)76-63(62-75-67(66(71)72)73-60-59-68(3,4)5)61-74-64(69)57-55-53-51-49-47-45-43-41-39-27-25-23-21-19-17-15-13-11-9-7-2/h8,10,14,16,20,22,26,28,30-31,33-34,36-37,40,42,46,48,63,67H,6-7,9,11-13,15,17-19,21,23-25,27,29,32,35,38-39,41,43-45,47,49-62H2,1-5H3/p+1/b10-8-,16-14-,22-20-,28-26-,31-30-,34-33-,37-36-,42-40-,48-46-. The lowest BCUT2D eigenvalue weighted by Gasteiger charge is -2.25. The first-order chi connectivity index (χ1) is 37.1. The minimum atomic E-state index is -1.53. The van der Waals surface area contributed by atoms with Gasteiger partial charge in [-0.2, -0.15) is 0 Å². The second kappa shape index (κ2) is 57.1. The number of rotatable bonds is 55. The Labute approximate surface area is 466 Å². The first-order valence-corrected chi connectivity index (χ1v) is 30.6. The van der Waals surface area contributed by atoms with Gasteiger partial charge in [-0.05, 0) is 83.5 Å². The Morgan fingerprint density at radius 3 is 1.12 bits per heavy atom. The van der Waals surface area contributed by atoms with Gasteiger partial charge >= 0.3 is 17.9 Å². The van der Waals surface area contributed by atoms with E-state index < -0.39 is 24.3 Å². The molecule has 2 atom stereocenters. The van der Waals surface area contributed by atoms with Crippen LogP contribution in [0.5, 0.6) is 0 Å². The van der Waals surface area contributed by atoms with Gasteiger partial charge in [0.25, 0.3) is 6.29 Å². The topological polar surface area (TPSA) is 108 Å². The Balaban J connectivity index is 4.32. The number of hydrogen-bond donors (Lipinski definition) is 1. The predicted octanol–water partition coefficient (Wildman–Crippen LogP) is 18.3. The summed E-state index contributed by atoms with van der Waals surface area (Å²) in [6, 6.07) is 0. The molecular weight excluding hydrogens is 947 g/mol. The molecule has 0 aromatic carbocycles. The molecular formula is C67H114NO8+. The van der Waals surface area contributed by atoms with E-state index in [2.05, 4.69) is 123 Å². The molecule has 0 radical (unpaired) electrons. The third-order valence-electron chi connectivity index (χ3n) is 12.8. The molecule has 76 heavy (non-hydrogen) atoms. The summed E-state index contributed by atoms with van der Waals surface area (Å²) >= 11 is 0. The zero-order valence-corrected chi connectivity index (χ0v) is 49.4. The fourth-order valence-corrected chi connectivity index (χ4v) is 8.12. The van der Waals surface area contributed by atoms with Gasteiger partial charge in [-0.3, -0.25) is 9.59 Å². The average Bonchev–Trinajstić information content (AvgIpc) is 3.39. The summed E-state index contributed by atoms with van der Waals surface area (Å²) in [6.45, 7) is 4.73. The second-order valence-electron chi connectivity index (χ2n) is 21.3. The van der Waals surface area contributed by atoms with Gasteiger partial charge in [-0.1, -0.05) is 252 Å². The first kappa shape index (κ1) is 72.0. The fourth-order valence-electron chi connectivity index (χ4n) is 8.12. The third-order valence-corrected chi connectivity index (χ3v) is 12.8. The van der Waals surface area contributed by atoms with E-state index in [1.807, 2.05) is 21.1 Å². The average molecular weight is 1060 g/mol. The number of hydrogen-bond acceptors (Lipinski definition) is 7. The number of ether oxygens (including phenoxy) is 4. The second-order valence-corrected chi connectivity index (χ2v) is 21.3. The van der Waals surface area contributed by atoms with Crippen molar-refractivity contribution >= 4 is 17.9 Å². The summed E-state index contributed by atoms with van der Waals surface area (Å²) in [5, 5.41) is 9.71. The predicted molar refractivity (Wildman–Crippen MR) is 322 cm³/mol. The summed E-state index contributed by atoms with van der Waals surface area (Å²) in [4.78, 5) is 37.5. The number of allylic oxidation sites excluding steroid dienone is 18. The molecule has 0 aliphatic carbocycles. The highest BCUT2D eigenvalue weighted by molar-refractivity contribution is 5.71. The van der Waals surface area contributed by atoms with Gasteiger partial charge in [-0.25, -0.2) is 4.79 Å². The zero-order chi connectivity index (χ0) is 55.5. The highest BCUT2D eigenvalue weighted by atomic mass is 16.7. The summed E-state index contributed by atoms with van der Waals surface area (Å²) in [5.41, 5.74) is 0. The Morgan fingerprint density at radius 2 is 0.750 bits per heavy atom. The van der Waals surface area contributed by atoms with Crippen LogP contribution in [0.25, 0.3) is 0 Å². The van der Waals surface area contributed by atoms with Gasteiger partial charge < -0.3 is 28.5 Å². The molecule has 0 heterocycles. The van der Waals surface area contributed by atoms with Crippen LogP contribution in [0.3, 0.4) is 0 Å². The van der Waals surface area contributed by atoms with Crippen molar-refractivity contribution < 1.29 is 42.9 Å². The van der Waals surface area contributed by atoms with E-state index >= 15 is 0 Å². The van der Waals surface area contributed by atoms with E-state index in [-0.39, 0.29) is 32.2 Å². The number of unbranched alkanes of at least 4 members (excludes halogenated alkanes) is 22. The number of nitrogens with zero attached hydrogens (tertiary/aromatic N) is 1. The van der Waals surface area contributed by atoms with Gasteiger partial charge in [-0.15, -0.1) is 0 Å². The monoisotopic (exact) mass is 1060 g/mol. The summed E-state index contributed by atoms with van der Waals surface area (Å²) in [7, 11) is 5.95. The van der Waals surface area contributed by atoms with Crippen molar-refractivity contribution in [1.29, 1.82) is 0 Å². The molecule has 0 saturated heterocycles. The molecule has 0 spiro atoms. The number of aliphatic carboxylic acids is 1. The Bertz CT molecular complexity index is 1610.